The van der Waals surface area contributed by atoms with Crippen LogP contribution in [0.1, 0.15) is 19.4 Å². The van der Waals surface area contributed by atoms with E-state index in [4.69, 9.17) is 9.47 Å². The first-order chi connectivity index (χ1) is 9.17. The number of benzene rings is 1. The second-order valence-corrected chi connectivity index (χ2v) is 4.79. The summed E-state index contributed by atoms with van der Waals surface area (Å²) in [6, 6.07) is 6.45. The number of hydrogen-bond donors (Lipinski definition) is 2. The summed E-state index contributed by atoms with van der Waals surface area (Å²) in [5.41, 5.74) is 1.17. The van der Waals surface area contributed by atoms with Crippen LogP contribution >= 0.6 is 0 Å². The molecule has 0 heterocycles. The fraction of sp³-hybridized carbons (Fsp3) is 0.600. The molecule has 2 N–H and O–H groups in total. The minimum atomic E-state index is 0.542. The van der Waals surface area contributed by atoms with Gasteiger partial charge in [-0.1, -0.05) is 13.8 Å². The Balaban J connectivity index is 2.35. The molecule has 19 heavy (non-hydrogen) atoms. The van der Waals surface area contributed by atoms with Crippen LogP contribution < -0.4 is 20.1 Å². The van der Waals surface area contributed by atoms with Crippen molar-refractivity contribution >= 4 is 0 Å². The Morgan fingerprint density at radius 1 is 1.05 bits per heavy atom. The Bertz CT molecular complexity index is 367. The molecule has 0 aliphatic heterocycles. The maximum Gasteiger partial charge on any atom is 0.122 e. The highest BCUT2D eigenvalue weighted by Gasteiger charge is 2.04. The number of rotatable bonds is 9. The lowest BCUT2D eigenvalue weighted by molar-refractivity contribution is 0.398. The largest absolute Gasteiger partial charge is 0.497 e. The molecule has 1 rings (SSSR count). The van der Waals surface area contributed by atoms with Gasteiger partial charge in [0.25, 0.3) is 0 Å². The van der Waals surface area contributed by atoms with Crippen LogP contribution in [-0.2, 0) is 6.42 Å². The van der Waals surface area contributed by atoms with E-state index in [0.717, 1.165) is 37.6 Å². The Labute approximate surface area is 116 Å². The second-order valence-electron chi connectivity index (χ2n) is 4.79. The average Bonchev–Trinajstić information content (AvgIpc) is 2.42. The van der Waals surface area contributed by atoms with Crippen LogP contribution in [0, 0.1) is 0 Å². The van der Waals surface area contributed by atoms with Crippen molar-refractivity contribution in [3.63, 3.8) is 0 Å². The number of nitrogens with one attached hydrogen (secondary N) is 2. The van der Waals surface area contributed by atoms with Crippen LogP contribution in [0.4, 0.5) is 0 Å². The van der Waals surface area contributed by atoms with Crippen molar-refractivity contribution in [3.8, 4) is 11.5 Å². The molecule has 0 bridgehead atoms. The molecule has 0 saturated heterocycles. The van der Waals surface area contributed by atoms with Gasteiger partial charge in [-0.2, -0.15) is 0 Å². The molecule has 0 aliphatic rings. The predicted octanol–water partition coefficient (Wildman–Crippen LogP) is 1.83. The molecule has 0 aliphatic carbocycles. The van der Waals surface area contributed by atoms with Gasteiger partial charge in [0.15, 0.2) is 0 Å². The Morgan fingerprint density at radius 2 is 1.84 bits per heavy atom. The lowest BCUT2D eigenvalue weighted by atomic mass is 10.1. The van der Waals surface area contributed by atoms with Crippen molar-refractivity contribution in [2.75, 3.05) is 33.9 Å². The van der Waals surface area contributed by atoms with Crippen molar-refractivity contribution in [2.24, 2.45) is 0 Å². The summed E-state index contributed by atoms with van der Waals surface area (Å²) in [5.74, 6) is 1.79. The molecule has 4 heteroatoms. The molecule has 0 atom stereocenters. The first-order valence-corrected chi connectivity index (χ1v) is 6.82. The Morgan fingerprint density at radius 3 is 2.47 bits per heavy atom. The lowest BCUT2D eigenvalue weighted by Crippen LogP contribution is -2.32. The molecule has 108 valence electrons. The summed E-state index contributed by atoms with van der Waals surface area (Å²) in [7, 11) is 3.38. The molecular weight excluding hydrogens is 240 g/mol. The van der Waals surface area contributed by atoms with E-state index >= 15 is 0 Å². The summed E-state index contributed by atoms with van der Waals surface area (Å²) in [6.45, 7) is 7.21. The molecule has 0 amide bonds. The van der Waals surface area contributed by atoms with Gasteiger partial charge >= 0.3 is 0 Å². The molecular formula is C15H26N2O2. The van der Waals surface area contributed by atoms with Crippen molar-refractivity contribution < 1.29 is 9.47 Å². The fourth-order valence-electron chi connectivity index (χ4n) is 1.87. The van der Waals surface area contributed by atoms with Crippen LogP contribution in [0.3, 0.4) is 0 Å². The van der Waals surface area contributed by atoms with E-state index in [1.165, 1.54) is 5.56 Å². The Hall–Kier alpha value is -1.26. The molecule has 0 spiro atoms. The quantitative estimate of drug-likeness (QED) is 0.669. The van der Waals surface area contributed by atoms with Crippen LogP contribution in [0.25, 0.3) is 0 Å². The predicted molar refractivity (Wildman–Crippen MR) is 79.3 cm³/mol. The summed E-state index contributed by atoms with van der Waals surface area (Å²) in [5, 5.41) is 6.80. The summed E-state index contributed by atoms with van der Waals surface area (Å²) >= 11 is 0. The molecule has 0 unspecified atom stereocenters. The SMILES string of the molecule is COc1ccc(OC)c(CCNCCNC(C)C)c1. The van der Waals surface area contributed by atoms with Crippen LogP contribution in [0.5, 0.6) is 11.5 Å². The van der Waals surface area contributed by atoms with E-state index in [0.29, 0.717) is 6.04 Å². The van der Waals surface area contributed by atoms with Gasteiger partial charge in [-0.15, -0.1) is 0 Å². The van der Waals surface area contributed by atoms with Gasteiger partial charge in [-0.3, -0.25) is 0 Å². The van der Waals surface area contributed by atoms with Gasteiger partial charge < -0.3 is 20.1 Å². The zero-order chi connectivity index (χ0) is 14.1. The minimum absolute atomic E-state index is 0.542. The van der Waals surface area contributed by atoms with Gasteiger partial charge in [0.05, 0.1) is 14.2 Å². The molecule has 4 nitrogen and oxygen atoms in total. The van der Waals surface area contributed by atoms with E-state index in [1.54, 1.807) is 14.2 Å². The van der Waals surface area contributed by atoms with Crippen LogP contribution in [0.15, 0.2) is 18.2 Å². The third kappa shape index (κ3) is 5.94. The smallest absolute Gasteiger partial charge is 0.122 e. The summed E-state index contributed by atoms with van der Waals surface area (Å²) in [6.07, 6.45) is 0.933. The fourth-order valence-corrected chi connectivity index (χ4v) is 1.87. The minimum Gasteiger partial charge on any atom is -0.497 e. The summed E-state index contributed by atoms with van der Waals surface area (Å²) < 4.78 is 10.6. The van der Waals surface area contributed by atoms with Crippen molar-refractivity contribution in [1.29, 1.82) is 0 Å². The maximum absolute atomic E-state index is 5.36. The van der Waals surface area contributed by atoms with Gasteiger partial charge in [0, 0.05) is 19.1 Å². The van der Waals surface area contributed by atoms with E-state index in [2.05, 4.69) is 24.5 Å². The van der Waals surface area contributed by atoms with E-state index in [9.17, 15) is 0 Å². The maximum atomic E-state index is 5.36. The zero-order valence-corrected chi connectivity index (χ0v) is 12.5. The van der Waals surface area contributed by atoms with Crippen LogP contribution in [-0.4, -0.2) is 39.9 Å². The second kappa shape index (κ2) is 8.77. The van der Waals surface area contributed by atoms with Crippen molar-refractivity contribution in [1.82, 2.24) is 10.6 Å². The topological polar surface area (TPSA) is 42.5 Å². The third-order valence-electron chi connectivity index (χ3n) is 2.91. The highest BCUT2D eigenvalue weighted by Crippen LogP contribution is 2.23. The standard InChI is InChI=1S/C15H26N2O2/c1-12(2)17-10-9-16-8-7-13-11-14(18-3)5-6-15(13)19-4/h5-6,11-12,16-17H,7-10H2,1-4H3. The van der Waals surface area contributed by atoms with Crippen LogP contribution in [0.2, 0.25) is 0 Å². The first-order valence-electron chi connectivity index (χ1n) is 6.82. The lowest BCUT2D eigenvalue weighted by Gasteiger charge is -2.12. The van der Waals surface area contributed by atoms with E-state index in [-0.39, 0.29) is 0 Å². The van der Waals surface area contributed by atoms with Crippen molar-refractivity contribution in [2.45, 2.75) is 26.3 Å². The van der Waals surface area contributed by atoms with Gasteiger partial charge in [0.1, 0.15) is 11.5 Å². The zero-order valence-electron chi connectivity index (χ0n) is 12.5. The molecule has 1 aromatic carbocycles. The molecule has 0 aromatic heterocycles. The normalized spacial score (nSPS) is 10.8. The highest BCUT2D eigenvalue weighted by molar-refractivity contribution is 5.40. The molecule has 1 aromatic rings. The molecule has 0 saturated carbocycles. The first kappa shape index (κ1) is 15.8. The summed E-state index contributed by atoms with van der Waals surface area (Å²) in [4.78, 5) is 0. The van der Waals surface area contributed by atoms with Gasteiger partial charge in [0.2, 0.25) is 0 Å². The van der Waals surface area contributed by atoms with E-state index in [1.807, 2.05) is 18.2 Å². The number of ether oxygens (including phenoxy) is 2. The average molecular weight is 266 g/mol. The molecule has 0 fully saturated rings. The number of methoxy groups -OCH3 is 2. The Kier molecular flexibility index (Phi) is 7.30. The van der Waals surface area contributed by atoms with Gasteiger partial charge in [-0.25, -0.2) is 0 Å². The molecule has 0 radical (unpaired) electrons. The van der Waals surface area contributed by atoms with E-state index < -0.39 is 0 Å². The third-order valence-corrected chi connectivity index (χ3v) is 2.91. The van der Waals surface area contributed by atoms with Crippen molar-refractivity contribution in [3.05, 3.63) is 23.8 Å². The number of hydrogen-bond acceptors (Lipinski definition) is 4. The monoisotopic (exact) mass is 266 g/mol. The van der Waals surface area contributed by atoms with Gasteiger partial charge in [-0.05, 0) is 36.7 Å². The highest BCUT2D eigenvalue weighted by atomic mass is 16.5.